The van der Waals surface area contributed by atoms with Crippen molar-refractivity contribution in [2.24, 2.45) is 12.0 Å². The number of hydrogen-bond donors (Lipinski definition) is 1. The molecule has 0 radical (unpaired) electrons. The van der Waals surface area contributed by atoms with Crippen molar-refractivity contribution in [3.8, 4) is 0 Å². The first-order chi connectivity index (χ1) is 13.3. The lowest BCUT2D eigenvalue weighted by atomic mass is 10.1. The van der Waals surface area contributed by atoms with E-state index in [1.807, 2.05) is 38.5 Å². The predicted molar refractivity (Wildman–Crippen MR) is 111 cm³/mol. The second kappa shape index (κ2) is 8.61. The van der Waals surface area contributed by atoms with Crippen LogP contribution in [-0.2, 0) is 13.5 Å². The van der Waals surface area contributed by atoms with Gasteiger partial charge >= 0.3 is 5.97 Å². The van der Waals surface area contributed by atoms with E-state index in [-0.39, 0.29) is 11.4 Å². The monoisotopic (exact) mass is 381 g/mol. The average molecular weight is 381 g/mol. The molecule has 28 heavy (non-hydrogen) atoms. The summed E-state index contributed by atoms with van der Waals surface area (Å²) < 4.78 is 16.0. The zero-order valence-electron chi connectivity index (χ0n) is 16.6. The first-order valence-electron chi connectivity index (χ1n) is 8.76. The van der Waals surface area contributed by atoms with E-state index in [4.69, 9.17) is 5.11 Å². The van der Waals surface area contributed by atoms with Gasteiger partial charge in [0.2, 0.25) is 0 Å². The number of fused-ring (bicyclic) bond motifs is 1. The number of nitrogens with zero attached hydrogens (tertiary/aromatic N) is 3. The third-order valence-corrected chi connectivity index (χ3v) is 4.34. The molecule has 0 saturated carbocycles. The van der Waals surface area contributed by atoms with Gasteiger partial charge in [0.25, 0.3) is 0 Å². The number of aromatic carboxylic acids is 1. The zero-order valence-corrected chi connectivity index (χ0v) is 16.6. The van der Waals surface area contributed by atoms with Gasteiger partial charge in [0.1, 0.15) is 17.3 Å². The van der Waals surface area contributed by atoms with Crippen LogP contribution in [0, 0.1) is 19.7 Å². The van der Waals surface area contributed by atoms with Crippen molar-refractivity contribution in [1.29, 1.82) is 0 Å². The quantitative estimate of drug-likeness (QED) is 0.501. The minimum absolute atomic E-state index is 0.217. The minimum atomic E-state index is -0.974. The van der Waals surface area contributed by atoms with Gasteiger partial charge in [0.05, 0.1) is 16.6 Å². The Morgan fingerprint density at radius 2 is 1.93 bits per heavy atom. The molecule has 146 valence electrons. The molecule has 1 N–H and O–H groups in total. The molecule has 3 aromatic rings. The molecular weight excluding hydrogens is 357 g/mol. The van der Waals surface area contributed by atoms with Crippen molar-refractivity contribution in [3.05, 3.63) is 71.8 Å². The molecule has 1 aromatic heterocycles. The molecular formula is C22H24FN3O2. The van der Waals surface area contributed by atoms with Crippen LogP contribution in [0.25, 0.3) is 11.0 Å². The maximum atomic E-state index is 14.2. The molecule has 1 heterocycles. The van der Waals surface area contributed by atoms with E-state index in [1.54, 1.807) is 12.1 Å². The summed E-state index contributed by atoms with van der Waals surface area (Å²) in [5.41, 5.74) is 4.41. The fraction of sp³-hybridized carbons (Fsp3) is 0.227. The van der Waals surface area contributed by atoms with Crippen molar-refractivity contribution in [2.75, 3.05) is 0 Å². The van der Waals surface area contributed by atoms with Gasteiger partial charge in [-0.15, -0.1) is 13.2 Å². The molecule has 0 atom stereocenters. The SMILES string of the molecule is C=C.CC(Cc1nc2ccc(C(=O)O)cc2n1C)=Nc1c(C)cc(C)cc1F. The Morgan fingerprint density at radius 3 is 2.54 bits per heavy atom. The molecule has 5 nitrogen and oxygen atoms in total. The Hall–Kier alpha value is -3.28. The van der Waals surface area contributed by atoms with Crippen molar-refractivity contribution in [2.45, 2.75) is 27.2 Å². The molecule has 6 heteroatoms. The second-order valence-electron chi connectivity index (χ2n) is 6.53. The van der Waals surface area contributed by atoms with Crippen molar-refractivity contribution in [1.82, 2.24) is 9.55 Å². The number of aromatic nitrogens is 2. The summed E-state index contributed by atoms with van der Waals surface area (Å²) in [6.45, 7) is 11.5. The van der Waals surface area contributed by atoms with E-state index in [0.717, 1.165) is 33.7 Å². The lowest BCUT2D eigenvalue weighted by molar-refractivity contribution is 0.0697. The molecule has 0 fully saturated rings. The number of carbonyl (C=O) groups is 1. The summed E-state index contributed by atoms with van der Waals surface area (Å²) in [4.78, 5) is 20.1. The maximum Gasteiger partial charge on any atom is 0.335 e. The highest BCUT2D eigenvalue weighted by atomic mass is 19.1. The number of aliphatic imine (C=N–C) groups is 1. The highest BCUT2D eigenvalue weighted by Gasteiger charge is 2.13. The summed E-state index contributed by atoms with van der Waals surface area (Å²) in [7, 11) is 1.83. The third-order valence-electron chi connectivity index (χ3n) is 4.34. The Bertz CT molecular complexity index is 1040. The number of imidazole rings is 1. The molecule has 2 aromatic carbocycles. The molecule has 0 spiro atoms. The first kappa shape index (κ1) is 21.0. The zero-order chi connectivity index (χ0) is 21.0. The summed E-state index contributed by atoms with van der Waals surface area (Å²) >= 11 is 0. The van der Waals surface area contributed by atoms with Gasteiger partial charge in [-0.2, -0.15) is 0 Å². The average Bonchev–Trinajstić information content (AvgIpc) is 2.95. The smallest absolute Gasteiger partial charge is 0.335 e. The number of carboxylic acids is 1. The van der Waals surface area contributed by atoms with Gasteiger partial charge in [0, 0.05) is 19.2 Å². The van der Waals surface area contributed by atoms with Crippen molar-refractivity contribution >= 4 is 28.4 Å². The van der Waals surface area contributed by atoms with Gasteiger partial charge in [-0.3, -0.25) is 4.99 Å². The number of carboxylic acid groups (broad SMARTS) is 1. The highest BCUT2D eigenvalue weighted by Crippen LogP contribution is 2.25. The normalized spacial score (nSPS) is 11.2. The highest BCUT2D eigenvalue weighted by molar-refractivity contribution is 5.93. The Morgan fingerprint density at radius 1 is 1.25 bits per heavy atom. The van der Waals surface area contributed by atoms with Gasteiger partial charge in [-0.25, -0.2) is 14.2 Å². The molecule has 0 aliphatic heterocycles. The van der Waals surface area contributed by atoms with Crippen LogP contribution in [0.3, 0.4) is 0 Å². The van der Waals surface area contributed by atoms with Crippen LogP contribution in [0.2, 0.25) is 0 Å². The van der Waals surface area contributed by atoms with Crippen LogP contribution in [0.15, 0.2) is 48.5 Å². The van der Waals surface area contributed by atoms with Crippen LogP contribution in [0.1, 0.15) is 34.2 Å². The minimum Gasteiger partial charge on any atom is -0.478 e. The van der Waals surface area contributed by atoms with Crippen molar-refractivity contribution in [3.63, 3.8) is 0 Å². The Kier molecular flexibility index (Phi) is 6.46. The standard InChI is InChI=1S/C20H20FN3O2.C2H4/c1-11-7-12(2)19(15(21)8-11)22-13(3)9-18-23-16-6-5-14(20(25)26)10-17(16)24(18)4;1-2/h5-8,10H,9H2,1-4H3,(H,25,26);1-2H2. The van der Waals surface area contributed by atoms with Gasteiger partial charge in [-0.05, 0) is 56.2 Å². The summed E-state index contributed by atoms with van der Waals surface area (Å²) in [5.74, 6) is -0.565. The largest absolute Gasteiger partial charge is 0.478 e. The topological polar surface area (TPSA) is 67.5 Å². The number of aryl methyl sites for hydroxylation is 3. The van der Waals surface area contributed by atoms with E-state index in [1.165, 1.54) is 12.1 Å². The molecule has 0 bridgehead atoms. The van der Waals surface area contributed by atoms with E-state index in [9.17, 15) is 9.18 Å². The molecule has 0 aliphatic rings. The van der Waals surface area contributed by atoms with Crippen LogP contribution >= 0.6 is 0 Å². The van der Waals surface area contributed by atoms with Gasteiger partial charge < -0.3 is 9.67 Å². The Balaban J connectivity index is 0.00000136. The second-order valence-corrected chi connectivity index (χ2v) is 6.53. The van der Waals surface area contributed by atoms with Gasteiger partial charge in [0.15, 0.2) is 0 Å². The maximum absolute atomic E-state index is 14.2. The Labute approximate surface area is 163 Å². The lowest BCUT2D eigenvalue weighted by Gasteiger charge is -2.07. The molecule has 0 unspecified atom stereocenters. The van der Waals surface area contributed by atoms with E-state index >= 15 is 0 Å². The third kappa shape index (κ3) is 4.34. The summed E-state index contributed by atoms with van der Waals surface area (Å²) in [6, 6.07) is 8.20. The number of hydrogen-bond acceptors (Lipinski definition) is 3. The number of benzene rings is 2. The van der Waals surface area contributed by atoms with E-state index in [2.05, 4.69) is 23.1 Å². The van der Waals surface area contributed by atoms with E-state index < -0.39 is 5.97 Å². The fourth-order valence-electron chi connectivity index (χ4n) is 3.04. The molecule has 0 aliphatic carbocycles. The summed E-state index contributed by atoms with van der Waals surface area (Å²) in [6.07, 6.45) is 0.445. The van der Waals surface area contributed by atoms with Crippen LogP contribution in [0.5, 0.6) is 0 Å². The van der Waals surface area contributed by atoms with Crippen LogP contribution < -0.4 is 0 Å². The molecule has 0 saturated heterocycles. The predicted octanol–water partition coefficient (Wildman–Crippen LogP) is 5.16. The van der Waals surface area contributed by atoms with Crippen LogP contribution in [0.4, 0.5) is 10.1 Å². The number of rotatable bonds is 4. The fourth-order valence-corrected chi connectivity index (χ4v) is 3.04. The van der Waals surface area contributed by atoms with Crippen molar-refractivity contribution < 1.29 is 14.3 Å². The molecule has 0 amide bonds. The molecule has 3 rings (SSSR count). The lowest BCUT2D eigenvalue weighted by Crippen LogP contribution is -2.05. The first-order valence-corrected chi connectivity index (χ1v) is 8.76. The van der Waals surface area contributed by atoms with Crippen LogP contribution in [-0.4, -0.2) is 26.3 Å². The number of halogens is 1. The van der Waals surface area contributed by atoms with Gasteiger partial charge in [-0.1, -0.05) is 6.07 Å². The summed E-state index contributed by atoms with van der Waals surface area (Å²) in [5, 5.41) is 9.14. The van der Waals surface area contributed by atoms with E-state index in [0.29, 0.717) is 12.1 Å².